The van der Waals surface area contributed by atoms with Crippen molar-refractivity contribution in [3.63, 3.8) is 0 Å². The van der Waals surface area contributed by atoms with E-state index in [-0.39, 0.29) is 17.7 Å². The molecule has 1 aromatic carbocycles. The number of carboxylic acid groups (broad SMARTS) is 1. The van der Waals surface area contributed by atoms with Gasteiger partial charge in [-0.2, -0.15) is 0 Å². The van der Waals surface area contributed by atoms with E-state index < -0.39 is 11.6 Å². The zero-order chi connectivity index (χ0) is 17.5. The Morgan fingerprint density at radius 2 is 2.04 bits per heavy atom. The molecule has 1 amide bonds. The Hall–Kier alpha value is -2.44. The van der Waals surface area contributed by atoms with Gasteiger partial charge >= 0.3 is 12.1 Å². The lowest BCUT2D eigenvalue weighted by Crippen LogP contribution is -2.59. The number of ether oxygens (including phenoxy) is 2. The number of hydrogen-bond donors (Lipinski definition) is 1. The average molecular weight is 334 g/mol. The Morgan fingerprint density at radius 1 is 1.29 bits per heavy atom. The van der Waals surface area contributed by atoms with E-state index in [1.807, 2.05) is 20.8 Å². The van der Waals surface area contributed by atoms with E-state index >= 15 is 0 Å². The van der Waals surface area contributed by atoms with Gasteiger partial charge in [-0.15, -0.1) is 0 Å². The Balaban J connectivity index is 1.73. The van der Waals surface area contributed by atoms with E-state index in [0.717, 1.165) is 5.69 Å². The van der Waals surface area contributed by atoms with Gasteiger partial charge in [0.05, 0.1) is 17.3 Å². The molecule has 7 nitrogen and oxygen atoms in total. The zero-order valence-electron chi connectivity index (χ0n) is 14.1. The predicted molar refractivity (Wildman–Crippen MR) is 87.8 cm³/mol. The minimum absolute atomic E-state index is 0.0365. The van der Waals surface area contributed by atoms with E-state index in [2.05, 4.69) is 4.90 Å². The molecule has 3 rings (SSSR count). The van der Waals surface area contributed by atoms with Crippen LogP contribution in [-0.2, 0) is 4.74 Å². The molecule has 1 fully saturated rings. The maximum absolute atomic E-state index is 12.2. The Kier molecular flexibility index (Phi) is 4.03. The van der Waals surface area contributed by atoms with Crippen LogP contribution >= 0.6 is 0 Å². The fourth-order valence-electron chi connectivity index (χ4n) is 2.99. The van der Waals surface area contributed by atoms with Crippen molar-refractivity contribution in [3.8, 4) is 5.75 Å². The highest BCUT2D eigenvalue weighted by molar-refractivity contribution is 5.89. The van der Waals surface area contributed by atoms with Gasteiger partial charge in [0.25, 0.3) is 0 Å². The number of piperazine rings is 1. The molecule has 1 N–H and O–H groups in total. The molecule has 130 valence electrons. The van der Waals surface area contributed by atoms with Gasteiger partial charge in [0.1, 0.15) is 18.0 Å². The van der Waals surface area contributed by atoms with Crippen LogP contribution in [0.5, 0.6) is 5.75 Å². The first kappa shape index (κ1) is 16.4. The number of anilines is 1. The molecule has 2 aliphatic heterocycles. The third-order valence-corrected chi connectivity index (χ3v) is 4.08. The first-order chi connectivity index (χ1) is 11.2. The van der Waals surface area contributed by atoms with Gasteiger partial charge in [-0.05, 0) is 39.0 Å². The van der Waals surface area contributed by atoms with Gasteiger partial charge in [0, 0.05) is 19.6 Å². The monoisotopic (exact) mass is 334 g/mol. The maximum atomic E-state index is 12.2. The molecule has 0 radical (unpaired) electrons. The summed E-state index contributed by atoms with van der Waals surface area (Å²) < 4.78 is 11.2. The second-order valence-electron chi connectivity index (χ2n) is 7.07. The van der Waals surface area contributed by atoms with Crippen LogP contribution in [0.2, 0.25) is 0 Å². The summed E-state index contributed by atoms with van der Waals surface area (Å²) in [5.41, 5.74) is 0.566. The average Bonchev–Trinajstić information content (AvgIpc) is 2.51. The van der Waals surface area contributed by atoms with Crippen molar-refractivity contribution in [1.82, 2.24) is 4.90 Å². The quantitative estimate of drug-likeness (QED) is 0.848. The lowest BCUT2D eigenvalue weighted by molar-refractivity contribution is 0.0194. The summed E-state index contributed by atoms with van der Waals surface area (Å²) in [6, 6.07) is 4.93. The van der Waals surface area contributed by atoms with E-state index in [1.165, 1.54) is 0 Å². The molecule has 0 bridgehead atoms. The fourth-order valence-corrected chi connectivity index (χ4v) is 2.99. The van der Waals surface area contributed by atoms with Gasteiger partial charge < -0.3 is 24.4 Å². The minimum Gasteiger partial charge on any atom is -0.489 e. The second kappa shape index (κ2) is 5.89. The number of hydrogen-bond acceptors (Lipinski definition) is 5. The van der Waals surface area contributed by atoms with Gasteiger partial charge in [-0.3, -0.25) is 0 Å². The Bertz CT molecular complexity index is 667. The van der Waals surface area contributed by atoms with Crippen LogP contribution in [0.3, 0.4) is 0 Å². The molecule has 0 saturated carbocycles. The molecular formula is C17H22N2O5. The Labute approximate surface area is 140 Å². The molecule has 2 aliphatic rings. The molecule has 24 heavy (non-hydrogen) atoms. The smallest absolute Gasteiger partial charge is 0.410 e. The standard InChI is InChI=1S/C17H22N2O5/c1-17(2,3)24-16(22)18-6-7-19-12(9-18)10-23-14-8-11(15(20)21)4-5-13(14)19/h4-5,8,12H,6-7,9-10H2,1-3H3,(H,20,21)/t12-/m0/s1. The number of nitrogens with zero attached hydrogens (tertiary/aromatic N) is 2. The van der Waals surface area contributed by atoms with E-state index in [1.54, 1.807) is 23.1 Å². The number of carbonyl (C=O) groups excluding carboxylic acids is 1. The second-order valence-corrected chi connectivity index (χ2v) is 7.07. The molecule has 0 aliphatic carbocycles. The summed E-state index contributed by atoms with van der Waals surface area (Å²) in [4.78, 5) is 27.2. The van der Waals surface area contributed by atoms with Crippen molar-refractivity contribution in [3.05, 3.63) is 23.8 Å². The third kappa shape index (κ3) is 3.25. The molecule has 1 atom stereocenters. The minimum atomic E-state index is -0.974. The van der Waals surface area contributed by atoms with E-state index in [4.69, 9.17) is 14.6 Å². The zero-order valence-corrected chi connectivity index (χ0v) is 14.1. The van der Waals surface area contributed by atoms with Gasteiger partial charge in [0.15, 0.2) is 0 Å². The van der Waals surface area contributed by atoms with Crippen molar-refractivity contribution in [2.24, 2.45) is 0 Å². The van der Waals surface area contributed by atoms with Crippen molar-refractivity contribution in [2.45, 2.75) is 32.4 Å². The highest BCUT2D eigenvalue weighted by Crippen LogP contribution is 2.36. The fraction of sp³-hybridized carbons (Fsp3) is 0.529. The molecule has 1 aromatic rings. The summed E-state index contributed by atoms with van der Waals surface area (Å²) in [5, 5.41) is 9.08. The van der Waals surface area contributed by atoms with Crippen molar-refractivity contribution in [2.75, 3.05) is 31.1 Å². The molecular weight excluding hydrogens is 312 g/mol. The number of carbonyl (C=O) groups is 2. The van der Waals surface area contributed by atoms with Crippen LogP contribution in [0, 0.1) is 0 Å². The van der Waals surface area contributed by atoms with Crippen LogP contribution in [0.25, 0.3) is 0 Å². The summed E-state index contributed by atoms with van der Waals surface area (Å²) in [6.45, 7) is 7.70. The number of fused-ring (bicyclic) bond motifs is 3. The number of carboxylic acids is 1. The molecule has 0 aromatic heterocycles. The first-order valence-electron chi connectivity index (χ1n) is 7.99. The summed E-state index contributed by atoms with van der Waals surface area (Å²) in [6.07, 6.45) is -0.311. The number of rotatable bonds is 1. The van der Waals surface area contributed by atoms with Crippen molar-refractivity contribution >= 4 is 17.7 Å². The van der Waals surface area contributed by atoms with Crippen LogP contribution in [-0.4, -0.2) is 60.0 Å². The SMILES string of the molecule is CC(C)(C)OC(=O)N1CCN2c3ccc(C(=O)O)cc3OC[C@@H]2C1. The van der Waals surface area contributed by atoms with Crippen LogP contribution in [0.15, 0.2) is 18.2 Å². The molecule has 0 unspecified atom stereocenters. The largest absolute Gasteiger partial charge is 0.489 e. The first-order valence-corrected chi connectivity index (χ1v) is 7.99. The highest BCUT2D eigenvalue weighted by atomic mass is 16.6. The summed E-state index contributed by atoms with van der Waals surface area (Å²) in [5.74, 6) is -0.393. The van der Waals surface area contributed by atoms with E-state index in [0.29, 0.717) is 32.0 Å². The molecule has 2 heterocycles. The number of benzene rings is 1. The van der Waals surface area contributed by atoms with Gasteiger partial charge in [-0.25, -0.2) is 9.59 Å². The summed E-state index contributed by atoms with van der Waals surface area (Å²) >= 11 is 0. The van der Waals surface area contributed by atoms with Crippen LogP contribution < -0.4 is 9.64 Å². The van der Waals surface area contributed by atoms with Crippen LogP contribution in [0.1, 0.15) is 31.1 Å². The van der Waals surface area contributed by atoms with Crippen molar-refractivity contribution < 1.29 is 24.2 Å². The summed E-state index contributed by atoms with van der Waals surface area (Å²) in [7, 11) is 0. The molecule has 1 saturated heterocycles. The van der Waals surface area contributed by atoms with Gasteiger partial charge in [0.2, 0.25) is 0 Å². The molecule has 0 spiro atoms. The highest BCUT2D eigenvalue weighted by Gasteiger charge is 2.36. The third-order valence-electron chi connectivity index (χ3n) is 4.08. The normalized spacial score (nSPS) is 19.9. The topological polar surface area (TPSA) is 79.3 Å². The Morgan fingerprint density at radius 3 is 2.71 bits per heavy atom. The lowest BCUT2D eigenvalue weighted by atomic mass is 10.1. The van der Waals surface area contributed by atoms with Crippen molar-refractivity contribution in [1.29, 1.82) is 0 Å². The number of aromatic carboxylic acids is 1. The van der Waals surface area contributed by atoms with Crippen LogP contribution in [0.4, 0.5) is 10.5 Å². The maximum Gasteiger partial charge on any atom is 0.410 e. The van der Waals surface area contributed by atoms with E-state index in [9.17, 15) is 9.59 Å². The van der Waals surface area contributed by atoms with Gasteiger partial charge in [-0.1, -0.05) is 0 Å². The molecule has 7 heteroatoms. The predicted octanol–water partition coefficient (Wildman–Crippen LogP) is 2.20. The lowest BCUT2D eigenvalue weighted by Gasteiger charge is -2.45. The number of amides is 1.